The second kappa shape index (κ2) is 8.84. The van der Waals surface area contributed by atoms with E-state index in [-0.39, 0.29) is 18.0 Å². The Morgan fingerprint density at radius 3 is 2.37 bits per heavy atom. The van der Waals surface area contributed by atoms with Gasteiger partial charge >= 0.3 is 0 Å². The maximum Gasteiger partial charge on any atom is 0.260 e. The van der Waals surface area contributed by atoms with E-state index in [2.05, 4.69) is 27.5 Å². The number of allylic oxidation sites excluding steroid dienone is 4. The molecule has 9 heteroatoms. The van der Waals surface area contributed by atoms with Crippen molar-refractivity contribution in [2.75, 3.05) is 7.05 Å². The summed E-state index contributed by atoms with van der Waals surface area (Å²) in [6.07, 6.45) is 1.68. The predicted molar refractivity (Wildman–Crippen MR) is 129 cm³/mol. The number of amides is 1. The van der Waals surface area contributed by atoms with Gasteiger partial charge in [-0.2, -0.15) is 15.6 Å². The predicted octanol–water partition coefficient (Wildman–Crippen LogP) is 3.97. The van der Waals surface area contributed by atoms with E-state index in [4.69, 9.17) is 0 Å². The lowest BCUT2D eigenvalue weighted by Gasteiger charge is -2.33. The Labute approximate surface area is 203 Å². The molecule has 0 aliphatic carbocycles. The summed E-state index contributed by atoms with van der Waals surface area (Å²) in [6, 6.07) is 6.00. The number of rotatable bonds is 3. The zero-order chi connectivity index (χ0) is 25.6. The molecule has 4 rings (SSSR count). The van der Waals surface area contributed by atoms with Crippen LogP contribution in [0.25, 0.3) is 0 Å². The van der Waals surface area contributed by atoms with Crippen molar-refractivity contribution < 1.29 is 9.18 Å². The minimum Gasteiger partial charge on any atom is -0.350 e. The van der Waals surface area contributed by atoms with Crippen LogP contribution in [0.15, 0.2) is 39.8 Å². The van der Waals surface area contributed by atoms with Gasteiger partial charge in [0, 0.05) is 42.3 Å². The highest BCUT2D eigenvalue weighted by Gasteiger charge is 2.36. The van der Waals surface area contributed by atoms with E-state index in [9.17, 15) is 15.3 Å². The van der Waals surface area contributed by atoms with Gasteiger partial charge in [-0.3, -0.25) is 14.5 Å². The molecule has 8 nitrogen and oxygen atoms in total. The highest BCUT2D eigenvalue weighted by atomic mass is 19.1. The Morgan fingerprint density at radius 2 is 1.83 bits per heavy atom. The number of aliphatic imine (C=N–C) groups is 1. The first-order valence-electron chi connectivity index (χ1n) is 11.3. The molecule has 1 aromatic heterocycles. The van der Waals surface area contributed by atoms with Gasteiger partial charge < -0.3 is 10.2 Å². The van der Waals surface area contributed by atoms with E-state index in [1.54, 1.807) is 56.6 Å². The first-order valence-corrected chi connectivity index (χ1v) is 11.3. The monoisotopic (exact) mass is 471 g/mol. The van der Waals surface area contributed by atoms with Crippen LogP contribution in [0.5, 0.6) is 0 Å². The summed E-state index contributed by atoms with van der Waals surface area (Å²) in [7, 11) is 1.78. The number of hydrogen-bond donors (Lipinski definition) is 1. The number of benzene rings is 1. The van der Waals surface area contributed by atoms with Crippen LogP contribution in [0.4, 0.5) is 4.39 Å². The number of aromatic nitrogens is 2. The zero-order valence-corrected chi connectivity index (χ0v) is 20.6. The molecule has 3 heterocycles. The fraction of sp³-hybridized carbons (Fsp3) is 0.346. The lowest BCUT2D eigenvalue weighted by atomic mass is 9.79. The van der Waals surface area contributed by atoms with Crippen molar-refractivity contribution in [1.82, 2.24) is 20.0 Å². The largest absolute Gasteiger partial charge is 0.350 e. The number of halogens is 1. The number of fused-ring (bicyclic) bond motifs is 1. The van der Waals surface area contributed by atoms with Crippen molar-refractivity contribution in [1.29, 1.82) is 10.5 Å². The van der Waals surface area contributed by atoms with E-state index in [1.807, 2.05) is 6.92 Å². The molecule has 2 aromatic rings. The van der Waals surface area contributed by atoms with Crippen LogP contribution >= 0.6 is 0 Å². The fourth-order valence-corrected chi connectivity index (χ4v) is 4.69. The van der Waals surface area contributed by atoms with Crippen molar-refractivity contribution in [2.45, 2.75) is 53.6 Å². The highest BCUT2D eigenvalue weighted by molar-refractivity contribution is 6.14. The molecule has 1 amide bonds. The third kappa shape index (κ3) is 3.70. The number of carbonyl (C=O) groups excluding carboxylic acids is 1. The minimum atomic E-state index is -0.840. The normalized spacial score (nSPS) is 15.7. The molecule has 2 aliphatic rings. The molecule has 35 heavy (non-hydrogen) atoms. The second-order valence-corrected chi connectivity index (χ2v) is 8.75. The molecule has 0 spiro atoms. The average Bonchev–Trinajstić information content (AvgIpc) is 3.42. The molecule has 0 saturated heterocycles. The third-order valence-corrected chi connectivity index (χ3v) is 6.97. The highest BCUT2D eigenvalue weighted by Crippen LogP contribution is 2.43. The van der Waals surface area contributed by atoms with E-state index < -0.39 is 11.7 Å². The summed E-state index contributed by atoms with van der Waals surface area (Å²) in [5.41, 5.74) is 4.88. The van der Waals surface area contributed by atoms with Gasteiger partial charge in [0.1, 0.15) is 11.7 Å². The standard InChI is InChI=1S/C26H26FN7O/c1-7-34-12-22(14(3)32-34)26(35)31-25-17-8-18(24(27)13(2)21(17)11-30-25)23-19(9-28)15(4)33(6)16(5)20(23)10-29/h8,12,23H,7,11H2,1-6H3,(H,30,31,35). The molecule has 0 unspecified atom stereocenters. The van der Waals surface area contributed by atoms with E-state index >= 15 is 4.39 Å². The SMILES string of the molecule is CCn1cc(C(=O)NC2=NCc3c2cc(C2C(C#N)=C(C)N(C)C(C)=C2C#N)c(F)c3C)c(C)n1. The van der Waals surface area contributed by atoms with Crippen molar-refractivity contribution in [3.05, 3.63) is 74.1 Å². The van der Waals surface area contributed by atoms with Gasteiger partial charge in [0.15, 0.2) is 0 Å². The molecule has 2 aliphatic heterocycles. The van der Waals surface area contributed by atoms with Crippen molar-refractivity contribution in [3.63, 3.8) is 0 Å². The lowest BCUT2D eigenvalue weighted by Crippen LogP contribution is -2.31. The maximum absolute atomic E-state index is 15.7. The van der Waals surface area contributed by atoms with Crippen LogP contribution in [0, 0.1) is 42.3 Å². The summed E-state index contributed by atoms with van der Waals surface area (Å²) >= 11 is 0. The van der Waals surface area contributed by atoms with E-state index in [0.29, 0.717) is 62.9 Å². The summed E-state index contributed by atoms with van der Waals surface area (Å²) in [4.78, 5) is 19.2. The first-order chi connectivity index (χ1) is 16.6. The molecule has 1 N–H and O–H groups in total. The second-order valence-electron chi connectivity index (χ2n) is 8.75. The van der Waals surface area contributed by atoms with Gasteiger partial charge in [-0.1, -0.05) is 0 Å². The van der Waals surface area contributed by atoms with Gasteiger partial charge in [0.05, 0.1) is 47.0 Å². The number of hydrogen-bond acceptors (Lipinski definition) is 6. The number of amidine groups is 1. The summed E-state index contributed by atoms with van der Waals surface area (Å²) in [5, 5.41) is 27.0. The fourth-order valence-electron chi connectivity index (χ4n) is 4.69. The van der Waals surface area contributed by atoms with Crippen LogP contribution in [-0.4, -0.2) is 33.5 Å². The Balaban J connectivity index is 1.80. The third-order valence-electron chi connectivity index (χ3n) is 6.97. The van der Waals surface area contributed by atoms with Crippen LogP contribution in [0.2, 0.25) is 0 Å². The molecular formula is C26H26FN7O. The number of nitrogens with zero attached hydrogens (tertiary/aromatic N) is 6. The molecule has 0 saturated carbocycles. The lowest BCUT2D eigenvalue weighted by molar-refractivity contribution is 0.0976. The number of aryl methyl sites for hydroxylation is 2. The molecule has 0 bridgehead atoms. The van der Waals surface area contributed by atoms with Crippen LogP contribution in [-0.2, 0) is 13.1 Å². The quantitative estimate of drug-likeness (QED) is 0.728. The van der Waals surface area contributed by atoms with Gasteiger partial charge in [-0.25, -0.2) is 4.39 Å². The van der Waals surface area contributed by atoms with Crippen LogP contribution < -0.4 is 5.32 Å². The smallest absolute Gasteiger partial charge is 0.260 e. The van der Waals surface area contributed by atoms with Gasteiger partial charge in [-0.05, 0) is 51.8 Å². The van der Waals surface area contributed by atoms with Crippen molar-refractivity contribution in [2.24, 2.45) is 4.99 Å². The molecular weight excluding hydrogens is 445 g/mol. The number of carbonyl (C=O) groups is 1. The number of nitriles is 2. The Kier molecular flexibility index (Phi) is 6.04. The van der Waals surface area contributed by atoms with Gasteiger partial charge in [0.25, 0.3) is 5.91 Å². The first kappa shape index (κ1) is 23.9. The summed E-state index contributed by atoms with van der Waals surface area (Å²) in [5.74, 6) is -1.32. The topological polar surface area (TPSA) is 110 Å². The molecule has 178 valence electrons. The summed E-state index contributed by atoms with van der Waals surface area (Å²) in [6.45, 7) is 9.80. The van der Waals surface area contributed by atoms with Crippen molar-refractivity contribution >= 4 is 11.7 Å². The molecule has 0 fully saturated rings. The van der Waals surface area contributed by atoms with Gasteiger partial charge in [-0.15, -0.1) is 0 Å². The minimum absolute atomic E-state index is 0.222. The van der Waals surface area contributed by atoms with E-state index in [1.165, 1.54) is 0 Å². The molecule has 0 radical (unpaired) electrons. The summed E-state index contributed by atoms with van der Waals surface area (Å²) < 4.78 is 17.4. The van der Waals surface area contributed by atoms with Crippen LogP contribution in [0.3, 0.4) is 0 Å². The van der Waals surface area contributed by atoms with Crippen LogP contribution in [0.1, 0.15) is 65.0 Å². The zero-order valence-electron chi connectivity index (χ0n) is 20.6. The molecule has 0 atom stereocenters. The Bertz CT molecular complexity index is 1410. The Hall–Kier alpha value is -4.24. The maximum atomic E-state index is 15.7. The molecule has 1 aromatic carbocycles. The Morgan fingerprint density at radius 1 is 1.20 bits per heavy atom. The van der Waals surface area contributed by atoms with Gasteiger partial charge in [0.2, 0.25) is 0 Å². The van der Waals surface area contributed by atoms with Crippen molar-refractivity contribution in [3.8, 4) is 12.1 Å². The average molecular weight is 472 g/mol. The number of nitrogens with one attached hydrogen (secondary N) is 1. The van der Waals surface area contributed by atoms with E-state index in [0.717, 1.165) is 0 Å².